The first-order chi connectivity index (χ1) is 9.72. The van der Waals surface area contributed by atoms with E-state index >= 15 is 0 Å². The number of thiazole rings is 1. The molecule has 1 atom stereocenters. The van der Waals surface area contributed by atoms with Crippen LogP contribution in [0.1, 0.15) is 21.9 Å². The highest BCUT2D eigenvalue weighted by Gasteiger charge is 2.29. The first-order valence-electron chi connectivity index (χ1n) is 6.51. The molecular formula is C14H15N3O2S. The maximum atomic E-state index is 12.3. The van der Waals surface area contributed by atoms with Crippen LogP contribution in [0.25, 0.3) is 0 Å². The van der Waals surface area contributed by atoms with Gasteiger partial charge >= 0.3 is 0 Å². The number of hydrogen-bond acceptors (Lipinski definition) is 5. The summed E-state index contributed by atoms with van der Waals surface area (Å²) in [6.07, 6.45) is 2.53. The third-order valence-corrected chi connectivity index (χ3v) is 3.97. The standard InChI is InChI=1S/C14H15N3O2S/c1-10-16-12(9-20-10)14(18)17-7-5-11(8-17)19-13-4-2-3-6-15-13/h2-4,6,9,11H,5,7-8H2,1H3. The minimum atomic E-state index is -0.0125. The van der Waals surface area contributed by atoms with E-state index in [0.717, 1.165) is 11.4 Å². The fraction of sp³-hybridized carbons (Fsp3) is 0.357. The molecule has 1 fully saturated rings. The van der Waals surface area contributed by atoms with E-state index in [0.29, 0.717) is 24.7 Å². The molecule has 5 nitrogen and oxygen atoms in total. The molecule has 1 aliphatic heterocycles. The number of likely N-dealkylation sites (tertiary alicyclic amines) is 1. The lowest BCUT2D eigenvalue weighted by atomic mass is 10.3. The predicted octanol–water partition coefficient (Wildman–Crippen LogP) is 2.14. The van der Waals surface area contributed by atoms with Crippen LogP contribution in [0.5, 0.6) is 5.88 Å². The van der Waals surface area contributed by atoms with Crippen LogP contribution < -0.4 is 4.74 Å². The summed E-state index contributed by atoms with van der Waals surface area (Å²) in [7, 11) is 0. The van der Waals surface area contributed by atoms with Crippen molar-refractivity contribution in [3.63, 3.8) is 0 Å². The molecule has 3 heterocycles. The Morgan fingerprint density at radius 1 is 1.50 bits per heavy atom. The number of carbonyl (C=O) groups is 1. The topological polar surface area (TPSA) is 55.3 Å². The number of aromatic nitrogens is 2. The van der Waals surface area contributed by atoms with Crippen molar-refractivity contribution in [2.24, 2.45) is 0 Å². The van der Waals surface area contributed by atoms with E-state index in [1.165, 1.54) is 11.3 Å². The summed E-state index contributed by atoms with van der Waals surface area (Å²) in [6, 6.07) is 5.56. The number of carbonyl (C=O) groups excluding carboxylic acids is 1. The largest absolute Gasteiger partial charge is 0.472 e. The molecule has 1 aliphatic rings. The molecule has 3 rings (SSSR count). The van der Waals surface area contributed by atoms with Crippen LogP contribution in [-0.4, -0.2) is 40.0 Å². The van der Waals surface area contributed by atoms with Gasteiger partial charge in [-0.25, -0.2) is 9.97 Å². The van der Waals surface area contributed by atoms with Gasteiger partial charge in [0.2, 0.25) is 5.88 Å². The minimum Gasteiger partial charge on any atom is -0.472 e. The molecule has 104 valence electrons. The monoisotopic (exact) mass is 289 g/mol. The summed E-state index contributed by atoms with van der Waals surface area (Å²) in [4.78, 5) is 22.4. The maximum Gasteiger partial charge on any atom is 0.273 e. The first-order valence-corrected chi connectivity index (χ1v) is 7.39. The third kappa shape index (κ3) is 2.80. The fourth-order valence-corrected chi connectivity index (χ4v) is 2.81. The molecule has 0 bridgehead atoms. The van der Waals surface area contributed by atoms with Gasteiger partial charge in [0.05, 0.1) is 11.6 Å². The van der Waals surface area contributed by atoms with E-state index in [1.807, 2.05) is 30.5 Å². The average Bonchev–Trinajstić information content (AvgIpc) is 3.08. The van der Waals surface area contributed by atoms with Crippen LogP contribution in [0.4, 0.5) is 0 Å². The van der Waals surface area contributed by atoms with Crippen molar-refractivity contribution in [1.29, 1.82) is 0 Å². The molecule has 2 aromatic rings. The molecule has 2 aromatic heterocycles. The van der Waals surface area contributed by atoms with Crippen LogP contribution in [-0.2, 0) is 0 Å². The van der Waals surface area contributed by atoms with Crippen molar-refractivity contribution in [1.82, 2.24) is 14.9 Å². The van der Waals surface area contributed by atoms with Crippen molar-refractivity contribution >= 4 is 17.2 Å². The fourth-order valence-electron chi connectivity index (χ4n) is 2.22. The highest BCUT2D eigenvalue weighted by atomic mass is 32.1. The molecule has 6 heteroatoms. The SMILES string of the molecule is Cc1nc(C(=O)N2CCC(Oc3ccccn3)C2)cs1. The highest BCUT2D eigenvalue weighted by Crippen LogP contribution is 2.19. The molecule has 0 N–H and O–H groups in total. The number of amides is 1. The highest BCUT2D eigenvalue weighted by molar-refractivity contribution is 7.09. The number of rotatable bonds is 3. The Hall–Kier alpha value is -1.95. The molecule has 1 unspecified atom stereocenters. The molecule has 0 aliphatic carbocycles. The van der Waals surface area contributed by atoms with E-state index in [9.17, 15) is 4.79 Å². The summed E-state index contributed by atoms with van der Waals surface area (Å²) in [6.45, 7) is 3.19. The number of aryl methyl sites for hydroxylation is 1. The van der Waals surface area contributed by atoms with E-state index < -0.39 is 0 Å². The molecule has 1 amide bonds. The van der Waals surface area contributed by atoms with Crippen LogP contribution in [0.3, 0.4) is 0 Å². The van der Waals surface area contributed by atoms with Gasteiger partial charge in [0.1, 0.15) is 11.8 Å². The number of pyridine rings is 1. The van der Waals surface area contributed by atoms with Gasteiger partial charge < -0.3 is 9.64 Å². The summed E-state index contributed by atoms with van der Waals surface area (Å²) in [5.74, 6) is 0.595. The molecular weight excluding hydrogens is 274 g/mol. The Morgan fingerprint density at radius 2 is 2.40 bits per heavy atom. The third-order valence-electron chi connectivity index (χ3n) is 3.20. The van der Waals surface area contributed by atoms with Crippen molar-refractivity contribution in [2.45, 2.75) is 19.4 Å². The smallest absolute Gasteiger partial charge is 0.273 e. The lowest BCUT2D eigenvalue weighted by molar-refractivity contribution is 0.0766. The molecule has 0 saturated carbocycles. The molecule has 0 aromatic carbocycles. The van der Waals surface area contributed by atoms with Gasteiger partial charge in [-0.3, -0.25) is 4.79 Å². The van der Waals surface area contributed by atoms with Gasteiger partial charge in [-0.15, -0.1) is 11.3 Å². The van der Waals surface area contributed by atoms with Gasteiger partial charge in [-0.1, -0.05) is 6.07 Å². The Bertz CT molecular complexity index is 599. The number of hydrogen-bond donors (Lipinski definition) is 0. The van der Waals surface area contributed by atoms with Crippen LogP contribution >= 0.6 is 11.3 Å². The van der Waals surface area contributed by atoms with Gasteiger partial charge in [0.15, 0.2) is 0 Å². The van der Waals surface area contributed by atoms with Gasteiger partial charge in [0, 0.05) is 30.6 Å². The molecule has 0 radical (unpaired) electrons. The van der Waals surface area contributed by atoms with E-state index in [4.69, 9.17) is 4.74 Å². The summed E-state index contributed by atoms with van der Waals surface area (Å²) in [5.41, 5.74) is 0.533. The number of ether oxygens (including phenoxy) is 1. The summed E-state index contributed by atoms with van der Waals surface area (Å²) >= 11 is 1.50. The average molecular weight is 289 g/mol. The minimum absolute atomic E-state index is 0.00795. The van der Waals surface area contributed by atoms with E-state index in [2.05, 4.69) is 9.97 Å². The number of nitrogens with zero attached hydrogens (tertiary/aromatic N) is 3. The second-order valence-electron chi connectivity index (χ2n) is 4.70. The maximum absolute atomic E-state index is 12.3. The second-order valence-corrected chi connectivity index (χ2v) is 5.76. The first kappa shape index (κ1) is 13.1. The van der Waals surface area contributed by atoms with Gasteiger partial charge in [-0.2, -0.15) is 0 Å². The summed E-state index contributed by atoms with van der Waals surface area (Å²) < 4.78 is 5.77. The van der Waals surface area contributed by atoms with E-state index in [1.54, 1.807) is 11.1 Å². The Labute approximate surface area is 121 Å². The quantitative estimate of drug-likeness (QED) is 0.868. The van der Waals surface area contributed by atoms with Gasteiger partial charge in [-0.05, 0) is 13.0 Å². The second kappa shape index (κ2) is 5.58. The van der Waals surface area contributed by atoms with Crippen molar-refractivity contribution in [2.75, 3.05) is 13.1 Å². The summed E-state index contributed by atoms with van der Waals surface area (Å²) in [5, 5.41) is 2.72. The van der Waals surface area contributed by atoms with Gasteiger partial charge in [0.25, 0.3) is 5.91 Å². The predicted molar refractivity (Wildman–Crippen MR) is 76.0 cm³/mol. The lowest BCUT2D eigenvalue weighted by Gasteiger charge is -2.15. The molecule has 20 heavy (non-hydrogen) atoms. The van der Waals surface area contributed by atoms with Crippen molar-refractivity contribution in [3.8, 4) is 5.88 Å². The van der Waals surface area contributed by atoms with Crippen LogP contribution in [0, 0.1) is 6.92 Å². The zero-order valence-electron chi connectivity index (χ0n) is 11.2. The Kier molecular flexibility index (Phi) is 3.64. The zero-order valence-corrected chi connectivity index (χ0v) is 12.0. The normalized spacial score (nSPS) is 18.2. The molecule has 1 saturated heterocycles. The zero-order chi connectivity index (χ0) is 13.9. The Morgan fingerprint density at radius 3 is 3.10 bits per heavy atom. The van der Waals surface area contributed by atoms with E-state index in [-0.39, 0.29) is 12.0 Å². The van der Waals surface area contributed by atoms with Crippen LogP contribution in [0.2, 0.25) is 0 Å². The van der Waals surface area contributed by atoms with Crippen LogP contribution in [0.15, 0.2) is 29.8 Å². The Balaban J connectivity index is 1.61. The van der Waals surface area contributed by atoms with Crippen molar-refractivity contribution in [3.05, 3.63) is 40.5 Å². The molecule has 0 spiro atoms. The van der Waals surface area contributed by atoms with Crippen molar-refractivity contribution < 1.29 is 9.53 Å². The lowest BCUT2D eigenvalue weighted by Crippen LogP contribution is -2.31.